The summed E-state index contributed by atoms with van der Waals surface area (Å²) >= 11 is 3.52. The molecule has 1 rings (SSSR count). The maximum Gasteiger partial charge on any atom is 0.0405 e. The summed E-state index contributed by atoms with van der Waals surface area (Å²) in [5.41, 5.74) is 7.24. The van der Waals surface area contributed by atoms with Gasteiger partial charge in [0.1, 0.15) is 0 Å². The molecule has 0 amide bonds. The van der Waals surface area contributed by atoms with E-state index in [0.717, 1.165) is 4.47 Å². The Kier molecular flexibility index (Phi) is 4.53. The Morgan fingerprint density at radius 3 is 2.44 bits per heavy atom. The highest BCUT2D eigenvalue weighted by atomic mass is 79.9. The minimum Gasteiger partial charge on any atom is -0.330 e. The summed E-state index contributed by atoms with van der Waals surface area (Å²) in [5.74, 6) is 0. The van der Waals surface area contributed by atoms with E-state index < -0.39 is 0 Å². The number of hydrogen-bond donors (Lipinski definition) is 1. The second-order valence-corrected chi connectivity index (χ2v) is 6.03. The van der Waals surface area contributed by atoms with E-state index in [0.29, 0.717) is 12.6 Å². The monoisotopic (exact) mass is 284 g/mol. The number of rotatable bonds is 4. The van der Waals surface area contributed by atoms with E-state index in [1.54, 1.807) is 0 Å². The summed E-state index contributed by atoms with van der Waals surface area (Å²) in [6, 6.07) is 8.78. The molecule has 0 fully saturated rings. The summed E-state index contributed by atoms with van der Waals surface area (Å²) < 4.78 is 1.12. The van der Waals surface area contributed by atoms with E-state index in [1.165, 1.54) is 5.56 Å². The largest absolute Gasteiger partial charge is 0.330 e. The van der Waals surface area contributed by atoms with Gasteiger partial charge in [-0.1, -0.05) is 41.9 Å². The first kappa shape index (κ1) is 13.7. The van der Waals surface area contributed by atoms with Crippen molar-refractivity contribution in [2.45, 2.75) is 19.9 Å². The van der Waals surface area contributed by atoms with Crippen LogP contribution >= 0.6 is 15.9 Å². The van der Waals surface area contributed by atoms with Crippen LogP contribution in [0.4, 0.5) is 0 Å². The molecule has 0 spiro atoms. The molecule has 0 saturated carbocycles. The quantitative estimate of drug-likeness (QED) is 0.921. The van der Waals surface area contributed by atoms with Gasteiger partial charge in [-0.05, 0) is 43.8 Å². The van der Waals surface area contributed by atoms with E-state index in [4.69, 9.17) is 5.73 Å². The van der Waals surface area contributed by atoms with Crippen LogP contribution in [0.3, 0.4) is 0 Å². The van der Waals surface area contributed by atoms with Gasteiger partial charge in [0.25, 0.3) is 0 Å². The Hall–Kier alpha value is -0.380. The van der Waals surface area contributed by atoms with Crippen LogP contribution in [-0.4, -0.2) is 25.5 Å². The Morgan fingerprint density at radius 2 is 2.00 bits per heavy atom. The highest BCUT2D eigenvalue weighted by Gasteiger charge is 2.31. The average Bonchev–Trinajstić information content (AvgIpc) is 2.17. The van der Waals surface area contributed by atoms with Crippen molar-refractivity contribution in [1.29, 1.82) is 0 Å². The van der Waals surface area contributed by atoms with Crippen molar-refractivity contribution in [3.05, 3.63) is 34.3 Å². The van der Waals surface area contributed by atoms with Gasteiger partial charge in [0.2, 0.25) is 0 Å². The fourth-order valence-electron chi connectivity index (χ4n) is 2.24. The molecular formula is C13H21BrN2. The zero-order valence-electron chi connectivity index (χ0n) is 10.5. The van der Waals surface area contributed by atoms with Gasteiger partial charge in [-0.25, -0.2) is 0 Å². The lowest BCUT2D eigenvalue weighted by molar-refractivity contribution is 0.143. The van der Waals surface area contributed by atoms with Crippen LogP contribution in [0, 0.1) is 5.41 Å². The number of nitrogens with two attached hydrogens (primary N) is 1. The molecule has 1 unspecified atom stereocenters. The fourth-order valence-corrected chi connectivity index (χ4v) is 2.65. The molecule has 0 aliphatic heterocycles. The first-order chi connectivity index (χ1) is 7.38. The van der Waals surface area contributed by atoms with Gasteiger partial charge >= 0.3 is 0 Å². The number of hydrogen-bond acceptors (Lipinski definition) is 2. The van der Waals surface area contributed by atoms with E-state index in [2.05, 4.69) is 67.0 Å². The number of halogens is 1. The molecule has 1 aromatic carbocycles. The third-order valence-electron chi connectivity index (χ3n) is 2.95. The third kappa shape index (κ3) is 3.06. The van der Waals surface area contributed by atoms with Crippen LogP contribution in [0.5, 0.6) is 0 Å². The Bertz CT molecular complexity index is 348. The topological polar surface area (TPSA) is 29.3 Å². The zero-order chi connectivity index (χ0) is 12.3. The molecule has 1 atom stereocenters. The third-order valence-corrected chi connectivity index (χ3v) is 3.44. The first-order valence-corrected chi connectivity index (χ1v) is 6.30. The summed E-state index contributed by atoms with van der Waals surface area (Å²) in [7, 11) is 4.20. The van der Waals surface area contributed by atoms with Gasteiger partial charge in [0.15, 0.2) is 0 Å². The van der Waals surface area contributed by atoms with Crippen molar-refractivity contribution in [2.75, 3.05) is 20.6 Å². The molecule has 3 heteroatoms. The van der Waals surface area contributed by atoms with Crippen LogP contribution in [0.1, 0.15) is 25.5 Å². The van der Waals surface area contributed by atoms with Crippen molar-refractivity contribution in [3.8, 4) is 0 Å². The second-order valence-electron chi connectivity index (χ2n) is 5.11. The van der Waals surface area contributed by atoms with Crippen molar-refractivity contribution < 1.29 is 0 Å². The van der Waals surface area contributed by atoms with Gasteiger partial charge in [-0.15, -0.1) is 0 Å². The molecule has 0 bridgehead atoms. The average molecular weight is 285 g/mol. The molecule has 0 aliphatic rings. The Morgan fingerprint density at radius 1 is 1.38 bits per heavy atom. The van der Waals surface area contributed by atoms with Gasteiger partial charge in [0.05, 0.1) is 0 Å². The molecular weight excluding hydrogens is 264 g/mol. The van der Waals surface area contributed by atoms with Crippen LogP contribution in [-0.2, 0) is 0 Å². The van der Waals surface area contributed by atoms with Crippen molar-refractivity contribution in [3.63, 3.8) is 0 Å². The molecule has 0 heterocycles. The first-order valence-electron chi connectivity index (χ1n) is 5.50. The zero-order valence-corrected chi connectivity index (χ0v) is 12.1. The lowest BCUT2D eigenvalue weighted by Crippen LogP contribution is -2.38. The van der Waals surface area contributed by atoms with Crippen molar-refractivity contribution >= 4 is 15.9 Å². The molecule has 16 heavy (non-hydrogen) atoms. The van der Waals surface area contributed by atoms with E-state index in [1.807, 2.05) is 6.07 Å². The van der Waals surface area contributed by atoms with Gasteiger partial charge in [-0.3, -0.25) is 0 Å². The van der Waals surface area contributed by atoms with E-state index in [9.17, 15) is 0 Å². The highest BCUT2D eigenvalue weighted by molar-refractivity contribution is 9.10. The number of nitrogens with zero attached hydrogens (tertiary/aromatic N) is 1. The van der Waals surface area contributed by atoms with Gasteiger partial charge < -0.3 is 10.6 Å². The van der Waals surface area contributed by atoms with Crippen molar-refractivity contribution in [2.24, 2.45) is 11.1 Å². The SMILES string of the molecule is CN(C)C(c1cccc(Br)c1)C(C)(C)CN. The molecule has 1 aromatic rings. The standard InChI is InChI=1S/C13H21BrN2/c1-13(2,9-15)12(16(3)4)10-6-5-7-11(14)8-10/h5-8,12H,9,15H2,1-4H3. The number of benzene rings is 1. The van der Waals surface area contributed by atoms with Crippen molar-refractivity contribution in [1.82, 2.24) is 4.90 Å². The smallest absolute Gasteiger partial charge is 0.0405 e. The maximum atomic E-state index is 5.88. The predicted octanol–water partition coefficient (Wildman–Crippen LogP) is 3.04. The molecule has 0 radical (unpaired) electrons. The molecule has 2 nitrogen and oxygen atoms in total. The summed E-state index contributed by atoms with van der Waals surface area (Å²) in [6.07, 6.45) is 0. The van der Waals surface area contributed by atoms with E-state index >= 15 is 0 Å². The van der Waals surface area contributed by atoms with Crippen LogP contribution in [0.2, 0.25) is 0 Å². The summed E-state index contributed by atoms with van der Waals surface area (Å²) in [4.78, 5) is 2.23. The molecule has 2 N–H and O–H groups in total. The summed E-state index contributed by atoms with van der Waals surface area (Å²) in [5, 5.41) is 0. The molecule has 90 valence electrons. The van der Waals surface area contributed by atoms with Crippen LogP contribution < -0.4 is 5.73 Å². The van der Waals surface area contributed by atoms with Crippen LogP contribution in [0.15, 0.2) is 28.7 Å². The van der Waals surface area contributed by atoms with E-state index in [-0.39, 0.29) is 5.41 Å². The lowest BCUT2D eigenvalue weighted by Gasteiger charge is -2.38. The van der Waals surface area contributed by atoms with Gasteiger partial charge in [-0.2, -0.15) is 0 Å². The Balaban J connectivity index is 3.13. The highest BCUT2D eigenvalue weighted by Crippen LogP contribution is 2.36. The fraction of sp³-hybridized carbons (Fsp3) is 0.538. The predicted molar refractivity (Wildman–Crippen MR) is 73.4 cm³/mol. The minimum absolute atomic E-state index is 0.0598. The van der Waals surface area contributed by atoms with Gasteiger partial charge in [0, 0.05) is 10.5 Å². The normalized spacial score (nSPS) is 14.2. The molecule has 0 aliphatic carbocycles. The minimum atomic E-state index is 0.0598. The van der Waals surface area contributed by atoms with Crippen LogP contribution in [0.25, 0.3) is 0 Å². The molecule has 0 saturated heterocycles. The Labute approximate surface area is 107 Å². The maximum absolute atomic E-state index is 5.88. The second kappa shape index (κ2) is 5.30. The summed E-state index contributed by atoms with van der Waals surface area (Å²) in [6.45, 7) is 5.08. The lowest BCUT2D eigenvalue weighted by atomic mass is 9.80. The molecule has 0 aromatic heterocycles.